The predicted octanol–water partition coefficient (Wildman–Crippen LogP) is -0.816. The van der Waals surface area contributed by atoms with Crippen LogP contribution in [0.4, 0.5) is 0 Å². The van der Waals surface area contributed by atoms with Gasteiger partial charge in [0.1, 0.15) is 0 Å². The van der Waals surface area contributed by atoms with E-state index in [1.165, 1.54) is 12.1 Å². The molecule has 8 nitrogen and oxygen atoms in total. The Kier molecular flexibility index (Phi) is 3.65. The summed E-state index contributed by atoms with van der Waals surface area (Å²) in [6.45, 7) is 0.506. The van der Waals surface area contributed by atoms with Crippen LogP contribution in [0, 0.1) is 10.8 Å². The lowest BCUT2D eigenvalue weighted by Gasteiger charge is -2.18. The molecular formula is C12H12N8S. The van der Waals surface area contributed by atoms with E-state index >= 15 is 0 Å². The summed E-state index contributed by atoms with van der Waals surface area (Å²) in [6, 6.07) is 9.83. The molecule has 4 N–H and O–H groups in total. The number of benzene rings is 1. The van der Waals surface area contributed by atoms with Gasteiger partial charge in [-0.2, -0.15) is 5.10 Å². The van der Waals surface area contributed by atoms with Gasteiger partial charge in [-0.3, -0.25) is 15.5 Å². The van der Waals surface area contributed by atoms with Crippen molar-refractivity contribution in [2.24, 2.45) is 5.10 Å². The second-order valence-corrected chi connectivity index (χ2v) is 4.88. The molecule has 0 saturated heterocycles. The third kappa shape index (κ3) is 2.92. The Hall–Kier alpha value is -2.68. The minimum atomic E-state index is -0.0997. The first-order valence-electron chi connectivity index (χ1n) is 6.11. The molecule has 0 spiro atoms. The zero-order valence-electron chi connectivity index (χ0n) is 10.9. The molecular weight excluding hydrogens is 288 g/mol. The van der Waals surface area contributed by atoms with Crippen LogP contribution in [0.3, 0.4) is 0 Å². The number of hydrogen-bond acceptors (Lipinski definition) is 9. The lowest BCUT2D eigenvalue weighted by atomic mass is 10.2. The van der Waals surface area contributed by atoms with Crippen LogP contribution in [0.5, 0.6) is 0 Å². The highest BCUT2D eigenvalue weighted by Gasteiger charge is 2.14. The third-order valence-corrected chi connectivity index (χ3v) is 3.33. The van der Waals surface area contributed by atoms with Crippen LogP contribution in [-0.2, 0) is 6.54 Å². The summed E-state index contributed by atoms with van der Waals surface area (Å²) in [4.78, 5) is 0. The molecule has 1 aromatic carbocycles. The zero-order chi connectivity index (χ0) is 14.7. The van der Waals surface area contributed by atoms with Crippen LogP contribution in [-0.4, -0.2) is 15.2 Å². The van der Waals surface area contributed by atoms with E-state index < -0.39 is 0 Å². The third-order valence-electron chi connectivity index (χ3n) is 2.78. The van der Waals surface area contributed by atoms with Gasteiger partial charge in [0, 0.05) is 0 Å². The van der Waals surface area contributed by atoms with Crippen molar-refractivity contribution >= 4 is 12.1 Å². The number of nitrogens with zero attached hydrogens (tertiary/aromatic N) is 4. The highest BCUT2D eigenvalue weighted by Crippen LogP contribution is 2.14. The van der Waals surface area contributed by atoms with Gasteiger partial charge in [0.25, 0.3) is 0 Å². The molecule has 0 saturated carbocycles. The van der Waals surface area contributed by atoms with Crippen molar-refractivity contribution in [3.8, 4) is 0 Å². The minimum absolute atomic E-state index is 0.0997. The van der Waals surface area contributed by atoms with E-state index in [0.29, 0.717) is 6.54 Å². The zero-order valence-corrected chi connectivity index (χ0v) is 11.7. The van der Waals surface area contributed by atoms with Crippen LogP contribution in [0.15, 0.2) is 47.5 Å². The first-order chi connectivity index (χ1) is 10.2. The van der Waals surface area contributed by atoms with Crippen molar-refractivity contribution in [2.75, 3.05) is 0 Å². The Morgan fingerprint density at radius 3 is 2.48 bits per heavy atom. The molecule has 0 fully saturated rings. The molecule has 1 aliphatic heterocycles. The van der Waals surface area contributed by atoms with E-state index in [1.54, 1.807) is 11.2 Å². The molecule has 0 atom stereocenters. The van der Waals surface area contributed by atoms with Gasteiger partial charge < -0.3 is 4.72 Å². The second-order valence-electron chi connectivity index (χ2n) is 4.24. The molecule has 2 aromatic rings. The Balaban J connectivity index is 1.99. The summed E-state index contributed by atoms with van der Waals surface area (Å²) in [6.07, 6.45) is 1.77. The maximum Gasteiger partial charge on any atom is 0.198 e. The van der Waals surface area contributed by atoms with Crippen LogP contribution in [0.2, 0.25) is 0 Å². The highest BCUT2D eigenvalue weighted by atomic mass is 32.2. The smallest absolute Gasteiger partial charge is 0.198 e. The van der Waals surface area contributed by atoms with Gasteiger partial charge in [-0.1, -0.05) is 30.3 Å². The summed E-state index contributed by atoms with van der Waals surface area (Å²) in [5, 5.41) is 28.6. The van der Waals surface area contributed by atoms with Gasteiger partial charge in [0.2, 0.25) is 0 Å². The van der Waals surface area contributed by atoms with Gasteiger partial charge in [-0.05, 0) is 5.56 Å². The molecule has 106 valence electrons. The van der Waals surface area contributed by atoms with Gasteiger partial charge in [0.05, 0.1) is 24.9 Å². The van der Waals surface area contributed by atoms with E-state index in [4.69, 9.17) is 10.8 Å². The lowest BCUT2D eigenvalue weighted by molar-refractivity contribution is 0.332. The van der Waals surface area contributed by atoms with Crippen molar-refractivity contribution in [3.63, 3.8) is 0 Å². The maximum atomic E-state index is 7.66. The molecule has 3 rings (SSSR count). The molecule has 9 heteroatoms. The second kappa shape index (κ2) is 5.75. The van der Waals surface area contributed by atoms with Gasteiger partial charge in [-0.25, -0.2) is 5.01 Å². The SMILES string of the molecule is N=c1nnc(=N)c1=NN(Cc1ccccc1)C1=CNSN1. The fourth-order valence-electron chi connectivity index (χ4n) is 1.78. The first-order valence-corrected chi connectivity index (χ1v) is 6.93. The molecule has 1 aromatic heterocycles. The van der Waals surface area contributed by atoms with Crippen LogP contribution in [0.1, 0.15) is 5.56 Å². The molecule has 0 aliphatic carbocycles. The van der Waals surface area contributed by atoms with Crippen LogP contribution >= 0.6 is 12.1 Å². The van der Waals surface area contributed by atoms with Gasteiger partial charge in [0.15, 0.2) is 22.2 Å². The van der Waals surface area contributed by atoms with Crippen molar-refractivity contribution in [1.82, 2.24) is 24.7 Å². The molecule has 0 unspecified atom stereocenters. The van der Waals surface area contributed by atoms with Crippen LogP contribution in [0.25, 0.3) is 0 Å². The van der Waals surface area contributed by atoms with Gasteiger partial charge in [-0.15, -0.1) is 10.2 Å². The number of aromatic nitrogens is 2. The Bertz CT molecular complexity index is 775. The molecule has 1 aliphatic rings. The standard InChI is InChI=1S/C12H12N8S/c13-11-10(12(14)17-16-11)18-20(9-6-15-21-19-9)7-8-4-2-1-3-5-8/h1-6,13-15,19H,7H2. The van der Waals surface area contributed by atoms with Crippen molar-refractivity contribution in [2.45, 2.75) is 6.54 Å². The Morgan fingerprint density at radius 2 is 1.86 bits per heavy atom. The number of rotatable bonds is 4. The fourth-order valence-corrected chi connectivity index (χ4v) is 2.28. The number of hydrogen-bond donors (Lipinski definition) is 4. The summed E-state index contributed by atoms with van der Waals surface area (Å²) in [5.41, 5.74) is 0.862. The average molecular weight is 300 g/mol. The van der Waals surface area contributed by atoms with E-state index in [9.17, 15) is 0 Å². The fraction of sp³-hybridized carbons (Fsp3) is 0.0833. The topological polar surface area (TPSA) is 113 Å². The lowest BCUT2D eigenvalue weighted by Crippen LogP contribution is -2.37. The summed E-state index contributed by atoms with van der Waals surface area (Å²) < 4.78 is 6.03. The van der Waals surface area contributed by atoms with Crippen molar-refractivity contribution in [3.05, 3.63) is 64.2 Å². The average Bonchev–Trinajstić information content (AvgIpc) is 3.13. The minimum Gasteiger partial charge on any atom is -0.315 e. The maximum absolute atomic E-state index is 7.66. The first kappa shape index (κ1) is 13.3. The van der Waals surface area contributed by atoms with E-state index in [1.807, 2.05) is 30.3 Å². The Labute approximate surface area is 124 Å². The summed E-state index contributed by atoms with van der Waals surface area (Å²) in [7, 11) is 0. The summed E-state index contributed by atoms with van der Waals surface area (Å²) >= 11 is 1.32. The molecule has 2 heterocycles. The molecule has 0 amide bonds. The van der Waals surface area contributed by atoms with Crippen LogP contribution < -0.4 is 25.8 Å². The normalized spacial score (nSPS) is 13.2. The summed E-state index contributed by atoms with van der Waals surface area (Å²) in [5.74, 6) is 0.740. The quantitative estimate of drug-likeness (QED) is 0.434. The molecule has 0 radical (unpaired) electrons. The Morgan fingerprint density at radius 1 is 1.14 bits per heavy atom. The van der Waals surface area contributed by atoms with E-state index in [0.717, 1.165) is 11.4 Å². The molecule has 21 heavy (non-hydrogen) atoms. The molecule has 0 bridgehead atoms. The van der Waals surface area contributed by atoms with Gasteiger partial charge >= 0.3 is 0 Å². The van der Waals surface area contributed by atoms with E-state index in [-0.39, 0.29) is 16.3 Å². The number of nitrogens with one attached hydrogen (secondary N) is 4. The van der Waals surface area contributed by atoms with Crippen molar-refractivity contribution in [1.29, 1.82) is 10.8 Å². The highest BCUT2D eigenvalue weighted by molar-refractivity contribution is 7.95. The largest absolute Gasteiger partial charge is 0.315 e. The predicted molar refractivity (Wildman–Crippen MR) is 75.6 cm³/mol. The van der Waals surface area contributed by atoms with Crippen molar-refractivity contribution < 1.29 is 0 Å². The van der Waals surface area contributed by atoms with E-state index in [2.05, 4.69) is 24.7 Å². The monoisotopic (exact) mass is 300 g/mol.